The third-order valence-corrected chi connectivity index (χ3v) is 3.18. The SMILES string of the molecule is C#CCC(CCSc1ccccc1)OC. The highest BCUT2D eigenvalue weighted by Gasteiger charge is 2.04. The van der Waals surface area contributed by atoms with Crippen molar-refractivity contribution in [2.45, 2.75) is 23.8 Å². The van der Waals surface area contributed by atoms with Crippen LogP contribution in [0.4, 0.5) is 0 Å². The van der Waals surface area contributed by atoms with E-state index in [1.807, 2.05) is 17.8 Å². The molecule has 1 nitrogen and oxygen atoms in total. The molecule has 0 heterocycles. The fourth-order valence-electron chi connectivity index (χ4n) is 1.26. The first-order valence-corrected chi connectivity index (χ1v) is 5.99. The van der Waals surface area contributed by atoms with Crippen LogP contribution in [0.1, 0.15) is 12.8 Å². The third kappa shape index (κ3) is 4.92. The number of ether oxygens (including phenoxy) is 1. The molecule has 1 unspecified atom stereocenters. The van der Waals surface area contributed by atoms with Gasteiger partial charge in [0.25, 0.3) is 0 Å². The molecule has 0 aromatic heterocycles. The lowest BCUT2D eigenvalue weighted by Crippen LogP contribution is -2.10. The molecule has 0 aliphatic carbocycles. The minimum atomic E-state index is 0.200. The number of terminal acetylenes is 1. The molecule has 0 fully saturated rings. The predicted octanol–water partition coefficient (Wildman–Crippen LogP) is 3.21. The van der Waals surface area contributed by atoms with Crippen molar-refractivity contribution < 1.29 is 4.74 Å². The van der Waals surface area contributed by atoms with Crippen molar-refractivity contribution in [3.63, 3.8) is 0 Å². The summed E-state index contributed by atoms with van der Waals surface area (Å²) in [7, 11) is 1.72. The molecule has 0 spiro atoms. The number of rotatable bonds is 6. The summed E-state index contributed by atoms with van der Waals surface area (Å²) >= 11 is 1.84. The third-order valence-electron chi connectivity index (χ3n) is 2.13. The van der Waals surface area contributed by atoms with Crippen LogP contribution in [0.2, 0.25) is 0 Å². The summed E-state index contributed by atoms with van der Waals surface area (Å²) < 4.78 is 5.27. The van der Waals surface area contributed by atoms with Crippen LogP contribution in [-0.2, 0) is 4.74 Å². The van der Waals surface area contributed by atoms with Crippen LogP contribution in [0, 0.1) is 12.3 Å². The molecule has 1 atom stereocenters. The molecule has 0 radical (unpaired) electrons. The van der Waals surface area contributed by atoms with Crippen LogP contribution in [0.5, 0.6) is 0 Å². The van der Waals surface area contributed by atoms with Gasteiger partial charge in [0.15, 0.2) is 0 Å². The second kappa shape index (κ2) is 7.39. The van der Waals surface area contributed by atoms with Gasteiger partial charge in [-0.3, -0.25) is 0 Å². The van der Waals surface area contributed by atoms with Crippen LogP contribution in [-0.4, -0.2) is 19.0 Å². The molecule has 0 bridgehead atoms. The second-order valence-electron chi connectivity index (χ2n) is 3.22. The van der Waals surface area contributed by atoms with Crippen LogP contribution in [0.25, 0.3) is 0 Å². The van der Waals surface area contributed by atoms with Gasteiger partial charge in [0.1, 0.15) is 0 Å². The van der Waals surface area contributed by atoms with E-state index < -0.39 is 0 Å². The highest BCUT2D eigenvalue weighted by atomic mass is 32.2. The van der Waals surface area contributed by atoms with Gasteiger partial charge < -0.3 is 4.74 Å². The molecule has 0 N–H and O–H groups in total. The van der Waals surface area contributed by atoms with Gasteiger partial charge >= 0.3 is 0 Å². The standard InChI is InChI=1S/C13H16OS/c1-3-7-12(14-2)10-11-15-13-8-5-4-6-9-13/h1,4-6,8-9,12H,7,10-11H2,2H3. The Labute approximate surface area is 96.2 Å². The van der Waals surface area contributed by atoms with E-state index in [1.165, 1.54) is 4.90 Å². The van der Waals surface area contributed by atoms with Crippen molar-refractivity contribution in [2.24, 2.45) is 0 Å². The Hall–Kier alpha value is -0.910. The summed E-state index contributed by atoms with van der Waals surface area (Å²) in [6, 6.07) is 10.4. The van der Waals surface area contributed by atoms with Gasteiger partial charge in [-0.1, -0.05) is 18.2 Å². The van der Waals surface area contributed by atoms with Gasteiger partial charge in [-0.25, -0.2) is 0 Å². The zero-order valence-corrected chi connectivity index (χ0v) is 9.80. The molecule has 0 aliphatic heterocycles. The molecule has 80 valence electrons. The molecule has 0 amide bonds. The molecule has 1 rings (SSSR count). The van der Waals surface area contributed by atoms with E-state index in [0.29, 0.717) is 6.42 Å². The van der Waals surface area contributed by atoms with Crippen LogP contribution in [0.3, 0.4) is 0 Å². The first kappa shape index (κ1) is 12.2. The van der Waals surface area contributed by atoms with E-state index in [1.54, 1.807) is 7.11 Å². The maximum absolute atomic E-state index is 5.27. The van der Waals surface area contributed by atoms with Crippen molar-refractivity contribution in [1.82, 2.24) is 0 Å². The van der Waals surface area contributed by atoms with Crippen LogP contribution in [0.15, 0.2) is 35.2 Å². The Balaban J connectivity index is 2.24. The lowest BCUT2D eigenvalue weighted by molar-refractivity contribution is 0.105. The maximum Gasteiger partial charge on any atom is 0.0688 e. The quantitative estimate of drug-likeness (QED) is 0.538. The van der Waals surface area contributed by atoms with E-state index in [0.717, 1.165) is 12.2 Å². The summed E-state index contributed by atoms with van der Waals surface area (Å²) in [5, 5.41) is 0. The predicted molar refractivity (Wildman–Crippen MR) is 66.0 cm³/mol. The Morgan fingerprint density at radius 3 is 2.73 bits per heavy atom. The largest absolute Gasteiger partial charge is 0.380 e. The van der Waals surface area contributed by atoms with Crippen molar-refractivity contribution in [1.29, 1.82) is 0 Å². The summed E-state index contributed by atoms with van der Waals surface area (Å²) in [4.78, 5) is 1.30. The topological polar surface area (TPSA) is 9.23 Å². The Kier molecular flexibility index (Phi) is 5.99. The average Bonchev–Trinajstić information content (AvgIpc) is 2.29. The van der Waals surface area contributed by atoms with Gasteiger partial charge in [0, 0.05) is 24.2 Å². The molecular formula is C13H16OS. The molecule has 0 saturated heterocycles. The van der Waals surface area contributed by atoms with Gasteiger partial charge in [0.2, 0.25) is 0 Å². The van der Waals surface area contributed by atoms with E-state index in [9.17, 15) is 0 Å². The highest BCUT2D eigenvalue weighted by molar-refractivity contribution is 7.99. The number of hydrogen-bond donors (Lipinski definition) is 0. The van der Waals surface area contributed by atoms with Crippen molar-refractivity contribution in [2.75, 3.05) is 12.9 Å². The van der Waals surface area contributed by atoms with Crippen molar-refractivity contribution in [3.8, 4) is 12.3 Å². The molecule has 1 aromatic rings. The number of hydrogen-bond acceptors (Lipinski definition) is 2. The van der Waals surface area contributed by atoms with Crippen molar-refractivity contribution >= 4 is 11.8 Å². The number of methoxy groups -OCH3 is 1. The van der Waals surface area contributed by atoms with E-state index >= 15 is 0 Å². The first-order chi connectivity index (χ1) is 7.36. The Morgan fingerprint density at radius 2 is 2.13 bits per heavy atom. The normalized spacial score (nSPS) is 12.0. The van der Waals surface area contributed by atoms with Crippen molar-refractivity contribution in [3.05, 3.63) is 30.3 Å². The molecule has 2 heteroatoms. The van der Waals surface area contributed by atoms with E-state index in [4.69, 9.17) is 11.2 Å². The zero-order chi connectivity index (χ0) is 10.9. The fourth-order valence-corrected chi connectivity index (χ4v) is 2.23. The molecular weight excluding hydrogens is 204 g/mol. The minimum absolute atomic E-state index is 0.200. The van der Waals surface area contributed by atoms with Crippen LogP contribution >= 0.6 is 11.8 Å². The lowest BCUT2D eigenvalue weighted by Gasteiger charge is -2.11. The summed E-state index contributed by atoms with van der Waals surface area (Å²) in [6.45, 7) is 0. The molecule has 0 aliphatic rings. The maximum atomic E-state index is 5.27. The average molecular weight is 220 g/mol. The van der Waals surface area contributed by atoms with Crippen LogP contribution < -0.4 is 0 Å². The Bertz CT molecular complexity index is 302. The van der Waals surface area contributed by atoms with Gasteiger partial charge in [-0.15, -0.1) is 24.1 Å². The van der Waals surface area contributed by atoms with E-state index in [2.05, 4.69) is 30.2 Å². The van der Waals surface area contributed by atoms with Gasteiger partial charge in [-0.05, 0) is 18.6 Å². The smallest absolute Gasteiger partial charge is 0.0688 e. The zero-order valence-electron chi connectivity index (χ0n) is 8.98. The first-order valence-electron chi connectivity index (χ1n) is 5.01. The lowest BCUT2D eigenvalue weighted by atomic mass is 10.2. The fraction of sp³-hybridized carbons (Fsp3) is 0.385. The molecule has 0 saturated carbocycles. The minimum Gasteiger partial charge on any atom is -0.380 e. The Morgan fingerprint density at radius 1 is 1.40 bits per heavy atom. The second-order valence-corrected chi connectivity index (χ2v) is 4.38. The summed E-state index contributed by atoms with van der Waals surface area (Å²) in [5.74, 6) is 3.68. The van der Waals surface area contributed by atoms with Gasteiger partial charge in [-0.2, -0.15) is 0 Å². The molecule has 15 heavy (non-hydrogen) atoms. The monoisotopic (exact) mass is 220 g/mol. The van der Waals surface area contributed by atoms with Gasteiger partial charge in [0.05, 0.1) is 6.10 Å². The number of benzene rings is 1. The summed E-state index contributed by atoms with van der Waals surface area (Å²) in [5.41, 5.74) is 0. The highest BCUT2D eigenvalue weighted by Crippen LogP contribution is 2.19. The summed E-state index contributed by atoms with van der Waals surface area (Å²) in [6.07, 6.45) is 7.15. The molecule has 1 aromatic carbocycles. The van der Waals surface area contributed by atoms with E-state index in [-0.39, 0.29) is 6.10 Å². The number of thioether (sulfide) groups is 1.